The molecular formula is C12H15N3O4. The molecule has 1 aromatic carbocycles. The molecule has 0 unspecified atom stereocenters. The van der Waals surface area contributed by atoms with Gasteiger partial charge in [-0.15, -0.1) is 0 Å². The van der Waals surface area contributed by atoms with Crippen molar-refractivity contribution in [2.45, 2.75) is 6.92 Å². The molecule has 1 rings (SSSR count). The lowest BCUT2D eigenvalue weighted by atomic mass is 10.2. The number of hydrogen-bond acceptors (Lipinski definition) is 4. The predicted molar refractivity (Wildman–Crippen MR) is 69.8 cm³/mol. The van der Waals surface area contributed by atoms with Crippen molar-refractivity contribution in [1.82, 2.24) is 4.90 Å². The van der Waals surface area contributed by atoms with Crippen LogP contribution >= 0.6 is 0 Å². The van der Waals surface area contributed by atoms with Crippen molar-refractivity contribution in [3.8, 4) is 0 Å². The summed E-state index contributed by atoms with van der Waals surface area (Å²) in [5.74, 6) is -0.530. The Bertz CT molecular complexity index is 496. The van der Waals surface area contributed by atoms with Crippen LogP contribution in [0.5, 0.6) is 0 Å². The minimum Gasteiger partial charge on any atom is -0.347 e. The fourth-order valence-electron chi connectivity index (χ4n) is 1.42. The van der Waals surface area contributed by atoms with Crippen LogP contribution in [0.1, 0.15) is 6.92 Å². The third kappa shape index (κ3) is 3.77. The molecule has 0 heterocycles. The average Bonchev–Trinajstić information content (AvgIpc) is 2.35. The summed E-state index contributed by atoms with van der Waals surface area (Å²) in [6, 6.07) is 5.49. The van der Waals surface area contributed by atoms with Gasteiger partial charge in [0.1, 0.15) is 6.54 Å². The zero-order valence-electron chi connectivity index (χ0n) is 11.0. The molecule has 0 atom stereocenters. The number of non-ortho nitro benzene ring substituents is 1. The SMILES string of the molecule is CC(=O)N(CC(=O)N(C)C)c1ccc([N+](=O)[O-])cc1. The summed E-state index contributed by atoms with van der Waals surface area (Å²) in [6.45, 7) is 1.24. The van der Waals surface area contributed by atoms with Crippen LogP contribution in [0.15, 0.2) is 24.3 Å². The normalized spacial score (nSPS) is 9.84. The molecule has 0 fully saturated rings. The van der Waals surface area contributed by atoms with Crippen molar-refractivity contribution in [2.75, 3.05) is 25.5 Å². The van der Waals surface area contributed by atoms with Crippen molar-refractivity contribution in [3.63, 3.8) is 0 Å². The van der Waals surface area contributed by atoms with Gasteiger partial charge < -0.3 is 9.80 Å². The number of anilines is 1. The minimum absolute atomic E-state index is 0.0637. The lowest BCUT2D eigenvalue weighted by Gasteiger charge is -2.22. The second-order valence-electron chi connectivity index (χ2n) is 4.17. The zero-order chi connectivity index (χ0) is 14.6. The molecule has 2 amide bonds. The maximum atomic E-state index is 11.6. The number of nitro groups is 1. The van der Waals surface area contributed by atoms with Crippen LogP contribution in [0.2, 0.25) is 0 Å². The topological polar surface area (TPSA) is 83.8 Å². The van der Waals surface area contributed by atoms with Gasteiger partial charge in [-0.3, -0.25) is 19.7 Å². The summed E-state index contributed by atoms with van der Waals surface area (Å²) in [4.78, 5) is 35.8. The van der Waals surface area contributed by atoms with E-state index in [-0.39, 0.29) is 24.0 Å². The predicted octanol–water partition coefficient (Wildman–Crippen LogP) is 1.04. The van der Waals surface area contributed by atoms with E-state index in [2.05, 4.69) is 0 Å². The summed E-state index contributed by atoms with van der Waals surface area (Å²) < 4.78 is 0. The second kappa shape index (κ2) is 5.94. The second-order valence-corrected chi connectivity index (χ2v) is 4.17. The number of rotatable bonds is 4. The van der Waals surface area contributed by atoms with E-state index < -0.39 is 4.92 Å². The van der Waals surface area contributed by atoms with Gasteiger partial charge in [0.25, 0.3) is 5.69 Å². The molecule has 0 aliphatic rings. The highest BCUT2D eigenvalue weighted by Gasteiger charge is 2.17. The van der Waals surface area contributed by atoms with Crippen molar-refractivity contribution in [1.29, 1.82) is 0 Å². The lowest BCUT2D eigenvalue weighted by Crippen LogP contribution is -2.39. The summed E-state index contributed by atoms with van der Waals surface area (Å²) in [5.41, 5.74) is 0.388. The fraction of sp³-hybridized carbons (Fsp3) is 0.333. The summed E-state index contributed by atoms with van der Waals surface area (Å²) >= 11 is 0. The highest BCUT2D eigenvalue weighted by molar-refractivity contribution is 5.97. The van der Waals surface area contributed by atoms with Crippen LogP contribution in [-0.2, 0) is 9.59 Å². The van der Waals surface area contributed by atoms with Gasteiger partial charge in [0, 0.05) is 38.8 Å². The number of nitro benzene ring substituents is 1. The van der Waals surface area contributed by atoms with Gasteiger partial charge in [-0.2, -0.15) is 0 Å². The van der Waals surface area contributed by atoms with Gasteiger partial charge >= 0.3 is 0 Å². The maximum absolute atomic E-state index is 11.6. The van der Waals surface area contributed by atoms with Crippen molar-refractivity contribution < 1.29 is 14.5 Å². The van der Waals surface area contributed by atoms with E-state index in [0.717, 1.165) is 0 Å². The highest BCUT2D eigenvalue weighted by atomic mass is 16.6. The molecule has 0 aromatic heterocycles. The van der Waals surface area contributed by atoms with Crippen LogP contribution in [-0.4, -0.2) is 42.3 Å². The Labute approximate surface area is 110 Å². The molecule has 0 aliphatic heterocycles. The first-order valence-corrected chi connectivity index (χ1v) is 5.55. The molecular weight excluding hydrogens is 250 g/mol. The van der Waals surface area contributed by atoms with Gasteiger partial charge in [-0.25, -0.2) is 0 Å². The number of likely N-dealkylation sites (N-methyl/N-ethyl adjacent to an activating group) is 1. The molecule has 0 saturated heterocycles. The van der Waals surface area contributed by atoms with Crippen LogP contribution in [0, 0.1) is 10.1 Å². The van der Waals surface area contributed by atoms with E-state index >= 15 is 0 Å². The number of benzene rings is 1. The van der Waals surface area contributed by atoms with Crippen molar-refractivity contribution in [3.05, 3.63) is 34.4 Å². The molecule has 0 aliphatic carbocycles. The number of carbonyl (C=O) groups is 2. The van der Waals surface area contributed by atoms with E-state index in [1.165, 1.54) is 41.0 Å². The van der Waals surface area contributed by atoms with Gasteiger partial charge in [-0.1, -0.05) is 0 Å². The summed E-state index contributed by atoms with van der Waals surface area (Å²) in [7, 11) is 3.19. The molecule has 1 aromatic rings. The van der Waals surface area contributed by atoms with Gasteiger partial charge in [0.15, 0.2) is 0 Å². The average molecular weight is 265 g/mol. The van der Waals surface area contributed by atoms with Gasteiger partial charge in [0.05, 0.1) is 4.92 Å². The molecule has 0 bridgehead atoms. The quantitative estimate of drug-likeness (QED) is 0.601. The molecule has 7 nitrogen and oxygen atoms in total. The summed E-state index contributed by atoms with van der Waals surface area (Å²) in [5, 5.41) is 10.5. The van der Waals surface area contributed by atoms with Crippen LogP contribution < -0.4 is 4.90 Å². The summed E-state index contributed by atoms with van der Waals surface area (Å²) in [6.07, 6.45) is 0. The third-order valence-corrected chi connectivity index (χ3v) is 2.54. The van der Waals surface area contributed by atoms with E-state index in [1.807, 2.05) is 0 Å². The minimum atomic E-state index is -0.521. The molecule has 7 heteroatoms. The van der Waals surface area contributed by atoms with Crippen LogP contribution in [0.3, 0.4) is 0 Å². The number of amides is 2. The Balaban J connectivity index is 2.96. The Morgan fingerprint density at radius 3 is 2.11 bits per heavy atom. The molecule has 0 N–H and O–H groups in total. The Morgan fingerprint density at radius 2 is 1.74 bits per heavy atom. The standard InChI is InChI=1S/C12H15N3O4/c1-9(16)14(8-12(17)13(2)3)10-4-6-11(7-5-10)15(18)19/h4-7H,8H2,1-3H3. The lowest BCUT2D eigenvalue weighted by molar-refractivity contribution is -0.384. The molecule has 19 heavy (non-hydrogen) atoms. The number of carbonyl (C=O) groups excluding carboxylic acids is 2. The first-order valence-electron chi connectivity index (χ1n) is 5.55. The van der Waals surface area contributed by atoms with E-state index in [0.29, 0.717) is 5.69 Å². The van der Waals surface area contributed by atoms with E-state index in [1.54, 1.807) is 14.1 Å². The van der Waals surface area contributed by atoms with Crippen molar-refractivity contribution in [2.24, 2.45) is 0 Å². The molecule has 0 saturated carbocycles. The van der Waals surface area contributed by atoms with Crippen LogP contribution in [0.4, 0.5) is 11.4 Å². The Morgan fingerprint density at radius 1 is 1.21 bits per heavy atom. The molecule has 102 valence electrons. The largest absolute Gasteiger partial charge is 0.347 e. The smallest absolute Gasteiger partial charge is 0.269 e. The van der Waals surface area contributed by atoms with Crippen LogP contribution in [0.25, 0.3) is 0 Å². The first-order chi connectivity index (χ1) is 8.82. The first kappa shape index (κ1) is 14.6. The Hall–Kier alpha value is -2.44. The molecule has 0 radical (unpaired) electrons. The monoisotopic (exact) mass is 265 g/mol. The number of hydrogen-bond donors (Lipinski definition) is 0. The van der Waals surface area contributed by atoms with E-state index in [9.17, 15) is 19.7 Å². The zero-order valence-corrected chi connectivity index (χ0v) is 11.0. The fourth-order valence-corrected chi connectivity index (χ4v) is 1.42. The van der Waals surface area contributed by atoms with Gasteiger partial charge in [0.2, 0.25) is 11.8 Å². The Kier molecular flexibility index (Phi) is 4.57. The van der Waals surface area contributed by atoms with E-state index in [4.69, 9.17) is 0 Å². The highest BCUT2D eigenvalue weighted by Crippen LogP contribution is 2.19. The molecule has 0 spiro atoms. The van der Waals surface area contributed by atoms with Gasteiger partial charge in [-0.05, 0) is 12.1 Å². The maximum Gasteiger partial charge on any atom is 0.269 e. The van der Waals surface area contributed by atoms with Crippen molar-refractivity contribution >= 4 is 23.2 Å². The third-order valence-electron chi connectivity index (χ3n) is 2.54. The number of nitrogens with zero attached hydrogens (tertiary/aromatic N) is 3.